The summed E-state index contributed by atoms with van der Waals surface area (Å²) >= 11 is 0. The summed E-state index contributed by atoms with van der Waals surface area (Å²) in [6.07, 6.45) is 3.66. The topological polar surface area (TPSA) is 135 Å². The van der Waals surface area contributed by atoms with Gasteiger partial charge in [-0.05, 0) is 49.6 Å². The Morgan fingerprint density at radius 3 is 2.64 bits per heavy atom. The second kappa shape index (κ2) is 11.1. The van der Waals surface area contributed by atoms with Gasteiger partial charge in [0, 0.05) is 43.5 Å². The zero-order chi connectivity index (χ0) is 27.7. The number of piperidine rings is 1. The highest BCUT2D eigenvalue weighted by Crippen LogP contribution is 2.37. The lowest BCUT2D eigenvalue weighted by Crippen LogP contribution is -2.47. The van der Waals surface area contributed by atoms with Crippen molar-refractivity contribution < 1.29 is 31.4 Å². The van der Waals surface area contributed by atoms with Gasteiger partial charge in [-0.25, -0.2) is 16.8 Å². The average Bonchev–Trinajstić information content (AvgIpc) is 3.32. The monoisotopic (exact) mass is 575 g/mol. The lowest BCUT2D eigenvalue weighted by Gasteiger charge is -2.38. The molecule has 210 valence electrons. The van der Waals surface area contributed by atoms with Crippen molar-refractivity contribution in [1.29, 1.82) is 0 Å². The van der Waals surface area contributed by atoms with E-state index in [2.05, 4.69) is 10.3 Å². The molecule has 2 atom stereocenters. The van der Waals surface area contributed by atoms with E-state index in [1.807, 2.05) is 24.3 Å². The molecule has 2 saturated heterocycles. The summed E-state index contributed by atoms with van der Waals surface area (Å²) in [5.74, 6) is 0.376. The lowest BCUT2D eigenvalue weighted by atomic mass is 9.88. The molecule has 39 heavy (non-hydrogen) atoms. The summed E-state index contributed by atoms with van der Waals surface area (Å²) < 4.78 is 63.2. The summed E-state index contributed by atoms with van der Waals surface area (Å²) in [4.78, 5) is 4.67. The summed E-state index contributed by atoms with van der Waals surface area (Å²) in [5.41, 5.74) is 0.364. The van der Waals surface area contributed by atoms with Crippen LogP contribution in [0.25, 0.3) is 10.9 Å². The van der Waals surface area contributed by atoms with Crippen LogP contribution < -0.4 is 10.1 Å². The molecule has 0 unspecified atom stereocenters. The number of rotatable bonds is 9. The first-order chi connectivity index (χ1) is 18.5. The van der Waals surface area contributed by atoms with Crippen molar-refractivity contribution in [2.45, 2.75) is 46.8 Å². The van der Waals surface area contributed by atoms with E-state index in [1.54, 1.807) is 18.2 Å². The van der Waals surface area contributed by atoms with Crippen LogP contribution in [0.4, 0.5) is 0 Å². The van der Waals surface area contributed by atoms with Gasteiger partial charge in [-0.15, -0.1) is 0 Å². The number of nitrogens with zero attached hydrogens (tertiary/aromatic N) is 2. The van der Waals surface area contributed by atoms with Gasteiger partial charge in [-0.2, -0.15) is 4.31 Å². The zero-order valence-corrected chi connectivity index (χ0v) is 23.3. The number of pyridine rings is 1. The van der Waals surface area contributed by atoms with Crippen LogP contribution in [0.5, 0.6) is 5.75 Å². The van der Waals surface area contributed by atoms with Crippen LogP contribution >= 0.6 is 0 Å². The number of hydrogen-bond acceptors (Lipinski definition) is 9. The molecular weight excluding hydrogens is 542 g/mol. The maximum Gasteiger partial charge on any atom is 0.244 e. The van der Waals surface area contributed by atoms with Gasteiger partial charge in [-0.1, -0.05) is 24.3 Å². The second-order valence-electron chi connectivity index (χ2n) is 10.3. The Kier molecular flexibility index (Phi) is 7.96. The summed E-state index contributed by atoms with van der Waals surface area (Å²) in [7, 11) is -7.00. The first-order valence-electron chi connectivity index (χ1n) is 12.9. The van der Waals surface area contributed by atoms with E-state index in [1.165, 1.54) is 22.6 Å². The molecule has 0 bridgehead atoms. The quantitative estimate of drug-likeness (QED) is 0.393. The fourth-order valence-electron chi connectivity index (χ4n) is 5.15. The van der Waals surface area contributed by atoms with Crippen LogP contribution in [0, 0.1) is 0 Å². The van der Waals surface area contributed by atoms with Crippen molar-refractivity contribution in [3.8, 4) is 5.75 Å². The number of para-hydroxylation sites is 1. The molecule has 12 heteroatoms. The van der Waals surface area contributed by atoms with E-state index in [9.17, 15) is 21.9 Å². The Hall–Kier alpha value is -2.61. The first kappa shape index (κ1) is 27.9. The number of ether oxygens (including phenoxy) is 2. The minimum absolute atomic E-state index is 0.00931. The van der Waals surface area contributed by atoms with Crippen LogP contribution in [-0.4, -0.2) is 88.1 Å². The molecule has 5 rings (SSSR count). The first-order valence-corrected chi connectivity index (χ1v) is 16.2. The van der Waals surface area contributed by atoms with Gasteiger partial charge in [0.1, 0.15) is 23.4 Å². The minimum atomic E-state index is -3.66. The van der Waals surface area contributed by atoms with Crippen molar-refractivity contribution in [2.24, 2.45) is 0 Å². The number of aliphatic hydroxyl groups is 1. The van der Waals surface area contributed by atoms with Gasteiger partial charge < -0.3 is 19.9 Å². The molecule has 10 nitrogen and oxygen atoms in total. The van der Waals surface area contributed by atoms with Crippen molar-refractivity contribution in [1.82, 2.24) is 14.6 Å². The number of sulfone groups is 1. The number of sulfonamides is 1. The van der Waals surface area contributed by atoms with Gasteiger partial charge in [0.25, 0.3) is 0 Å². The molecule has 3 heterocycles. The van der Waals surface area contributed by atoms with Crippen LogP contribution in [0.2, 0.25) is 0 Å². The van der Waals surface area contributed by atoms with Crippen molar-refractivity contribution in [3.05, 3.63) is 60.8 Å². The normalized spacial score (nSPS) is 20.8. The summed E-state index contributed by atoms with van der Waals surface area (Å²) in [6, 6.07) is 15.3. The third-order valence-corrected chi connectivity index (χ3v) is 10.3. The summed E-state index contributed by atoms with van der Waals surface area (Å²) in [6.45, 7) is 1.50. The van der Waals surface area contributed by atoms with Crippen LogP contribution in [-0.2, 0) is 24.6 Å². The molecule has 2 aliphatic heterocycles. The van der Waals surface area contributed by atoms with Gasteiger partial charge in [0.2, 0.25) is 10.0 Å². The third kappa shape index (κ3) is 6.42. The van der Waals surface area contributed by atoms with Crippen LogP contribution in [0.15, 0.2) is 70.6 Å². The fourth-order valence-corrected chi connectivity index (χ4v) is 7.23. The van der Waals surface area contributed by atoms with E-state index in [0.29, 0.717) is 38.3 Å². The molecule has 1 aromatic heterocycles. The lowest BCUT2D eigenvalue weighted by molar-refractivity contribution is -0.0312. The molecule has 3 aromatic rings. The molecular formula is C27H33N3O7S2. The zero-order valence-electron chi connectivity index (χ0n) is 21.7. The molecule has 2 aromatic carbocycles. The van der Waals surface area contributed by atoms with E-state index in [0.717, 1.165) is 23.6 Å². The molecule has 0 amide bonds. The fraction of sp³-hybridized carbons (Fsp3) is 0.444. The highest BCUT2D eigenvalue weighted by molar-refractivity contribution is 7.90. The number of hydrogen-bond donors (Lipinski definition) is 2. The molecule has 2 fully saturated rings. The molecule has 2 N–H and O–H groups in total. The van der Waals surface area contributed by atoms with Crippen molar-refractivity contribution in [2.75, 3.05) is 39.1 Å². The van der Waals surface area contributed by atoms with E-state index in [-0.39, 0.29) is 29.0 Å². The minimum Gasteiger partial charge on any atom is -0.491 e. The molecule has 0 radical (unpaired) electrons. The molecule has 1 spiro atoms. The van der Waals surface area contributed by atoms with Gasteiger partial charge in [0.15, 0.2) is 9.84 Å². The molecule has 0 saturated carbocycles. The largest absolute Gasteiger partial charge is 0.491 e. The number of aromatic nitrogens is 1. The Labute approximate surface area is 228 Å². The number of benzene rings is 2. The summed E-state index contributed by atoms with van der Waals surface area (Å²) in [5, 5.41) is 14.5. The van der Waals surface area contributed by atoms with E-state index >= 15 is 0 Å². The highest BCUT2D eigenvalue weighted by Gasteiger charge is 2.44. The average molecular weight is 576 g/mol. The standard InChI is InChI=1S/C27H33N3O7S2/c1-38(32,33)24-7-4-6-23(14-24)36-19-22(31)16-28-21-15-27(37-18-21)9-11-30(12-10-27)39(34,35)25-13-20-5-2-3-8-26(20)29-17-25/h2-8,13-14,17,21-22,28,31H,9-12,15-16,18-19H2,1H3/t21-,22+/m1/s1. The Morgan fingerprint density at radius 2 is 1.87 bits per heavy atom. The number of fused-ring (bicyclic) bond motifs is 1. The number of nitrogens with one attached hydrogen (secondary N) is 1. The van der Waals surface area contributed by atoms with Crippen LogP contribution in [0.1, 0.15) is 19.3 Å². The third-order valence-electron chi connectivity index (χ3n) is 7.36. The second-order valence-corrected chi connectivity index (χ2v) is 14.2. The Morgan fingerprint density at radius 1 is 1.10 bits per heavy atom. The SMILES string of the molecule is CS(=O)(=O)c1cccc(OC[C@@H](O)CN[C@H]2COC3(CCN(S(=O)(=O)c4cnc5ccccc5c4)CC3)C2)c1. The smallest absolute Gasteiger partial charge is 0.244 e. The van der Waals surface area contributed by atoms with E-state index < -0.39 is 31.6 Å². The van der Waals surface area contributed by atoms with Gasteiger partial charge in [-0.3, -0.25) is 4.98 Å². The van der Waals surface area contributed by atoms with Crippen molar-refractivity contribution in [3.63, 3.8) is 0 Å². The van der Waals surface area contributed by atoms with E-state index in [4.69, 9.17) is 9.47 Å². The van der Waals surface area contributed by atoms with Crippen molar-refractivity contribution >= 4 is 30.8 Å². The predicted molar refractivity (Wildman–Crippen MR) is 146 cm³/mol. The Balaban J connectivity index is 1.10. The number of aliphatic hydroxyl groups excluding tert-OH is 1. The van der Waals surface area contributed by atoms with Gasteiger partial charge >= 0.3 is 0 Å². The molecule has 2 aliphatic rings. The maximum absolute atomic E-state index is 13.3. The molecule has 0 aliphatic carbocycles. The highest BCUT2D eigenvalue weighted by atomic mass is 32.2. The maximum atomic E-state index is 13.3. The Bertz CT molecular complexity index is 1540. The predicted octanol–water partition coefficient (Wildman–Crippen LogP) is 1.98. The van der Waals surface area contributed by atoms with Gasteiger partial charge in [0.05, 0.1) is 22.6 Å². The van der Waals surface area contributed by atoms with Crippen LogP contribution in [0.3, 0.4) is 0 Å².